The number of nitrogens with two attached hydrogens (primary N) is 1. The van der Waals surface area contributed by atoms with Gasteiger partial charge in [0.05, 0.1) is 0 Å². The number of allylic oxidation sites excluding steroid dienone is 1. The molecule has 0 bridgehead atoms. The van der Waals surface area contributed by atoms with E-state index in [0.717, 1.165) is 25.7 Å². The summed E-state index contributed by atoms with van der Waals surface area (Å²) in [6.45, 7) is 4.14. The van der Waals surface area contributed by atoms with Crippen molar-refractivity contribution in [3.05, 3.63) is 12.7 Å². The number of carbonyl (C=O) groups is 1. The summed E-state index contributed by atoms with van der Waals surface area (Å²) >= 11 is 0. The van der Waals surface area contributed by atoms with Gasteiger partial charge in [-0.15, -0.1) is 6.58 Å². The maximum Gasteiger partial charge on any atom is 0.144 e. The first-order valence-corrected chi connectivity index (χ1v) is 5.59. The minimum absolute atomic E-state index is 0.218. The first-order valence-electron chi connectivity index (χ1n) is 5.59. The third-order valence-corrected chi connectivity index (χ3v) is 3.37. The second-order valence-electron chi connectivity index (χ2n) is 4.31. The molecule has 0 unspecified atom stereocenters. The Hall–Kier alpha value is -0.630. The summed E-state index contributed by atoms with van der Waals surface area (Å²) < 4.78 is 0. The van der Waals surface area contributed by atoms with Crippen molar-refractivity contribution in [3.63, 3.8) is 0 Å². The molecule has 0 saturated heterocycles. The predicted molar refractivity (Wildman–Crippen MR) is 59.0 cm³/mol. The maximum atomic E-state index is 12.0. The molecule has 0 spiro atoms. The Bertz CT molecular complexity index is 202. The number of rotatable bonds is 4. The molecule has 0 amide bonds. The lowest BCUT2D eigenvalue weighted by molar-refractivity contribution is -0.128. The quantitative estimate of drug-likeness (QED) is 0.553. The van der Waals surface area contributed by atoms with Crippen LogP contribution in [0, 0.1) is 5.41 Å². The van der Waals surface area contributed by atoms with Gasteiger partial charge in [0.25, 0.3) is 0 Å². The van der Waals surface area contributed by atoms with E-state index in [2.05, 4.69) is 6.58 Å². The molecule has 0 aliphatic heterocycles. The molecule has 14 heavy (non-hydrogen) atoms. The Kier molecular flexibility index (Phi) is 4.33. The van der Waals surface area contributed by atoms with Crippen LogP contribution in [0.4, 0.5) is 0 Å². The van der Waals surface area contributed by atoms with Gasteiger partial charge in [-0.25, -0.2) is 0 Å². The van der Waals surface area contributed by atoms with E-state index in [1.54, 1.807) is 6.08 Å². The Labute approximate surface area is 86.6 Å². The smallest absolute Gasteiger partial charge is 0.144 e. The third-order valence-electron chi connectivity index (χ3n) is 3.37. The second-order valence-corrected chi connectivity index (χ2v) is 4.31. The molecule has 80 valence electrons. The van der Waals surface area contributed by atoms with Gasteiger partial charge in [-0.2, -0.15) is 0 Å². The highest BCUT2D eigenvalue weighted by Gasteiger charge is 2.35. The molecule has 0 aromatic carbocycles. The van der Waals surface area contributed by atoms with E-state index in [-0.39, 0.29) is 5.41 Å². The van der Waals surface area contributed by atoms with Gasteiger partial charge in [0.1, 0.15) is 5.78 Å². The topological polar surface area (TPSA) is 43.1 Å². The molecule has 0 aromatic heterocycles. The van der Waals surface area contributed by atoms with Crippen LogP contribution in [-0.2, 0) is 4.79 Å². The summed E-state index contributed by atoms with van der Waals surface area (Å²) in [6, 6.07) is 0. The van der Waals surface area contributed by atoms with Crippen LogP contribution in [0.1, 0.15) is 44.9 Å². The lowest BCUT2D eigenvalue weighted by atomic mass is 9.75. The first kappa shape index (κ1) is 11.4. The summed E-state index contributed by atoms with van der Waals surface area (Å²) in [6.07, 6.45) is 8.96. The summed E-state index contributed by atoms with van der Waals surface area (Å²) in [4.78, 5) is 12.0. The van der Waals surface area contributed by atoms with Crippen LogP contribution in [0.3, 0.4) is 0 Å². The number of Topliss-reactive ketones (excluding diaryl/α,β-unsaturated/α-hetero) is 1. The van der Waals surface area contributed by atoms with Gasteiger partial charge in [0.15, 0.2) is 0 Å². The zero-order valence-corrected chi connectivity index (χ0v) is 8.93. The standard InChI is InChI=1S/C12H21NO/c1-2-7-11(14)12(10-13)8-5-3-4-6-9-12/h2H,1,3-10,13H2. The first-order chi connectivity index (χ1) is 6.75. The average molecular weight is 195 g/mol. The van der Waals surface area contributed by atoms with Crippen LogP contribution in [0.15, 0.2) is 12.7 Å². The highest BCUT2D eigenvalue weighted by Crippen LogP contribution is 2.35. The van der Waals surface area contributed by atoms with E-state index in [9.17, 15) is 4.79 Å². The summed E-state index contributed by atoms with van der Waals surface area (Å²) in [7, 11) is 0. The molecule has 1 aliphatic rings. The molecular weight excluding hydrogens is 174 g/mol. The van der Waals surface area contributed by atoms with E-state index < -0.39 is 0 Å². The monoisotopic (exact) mass is 195 g/mol. The minimum atomic E-state index is -0.218. The van der Waals surface area contributed by atoms with Crippen molar-refractivity contribution < 1.29 is 4.79 Å². The molecule has 0 aromatic rings. The van der Waals surface area contributed by atoms with Gasteiger partial charge in [-0.05, 0) is 12.8 Å². The highest BCUT2D eigenvalue weighted by atomic mass is 16.1. The van der Waals surface area contributed by atoms with E-state index >= 15 is 0 Å². The van der Waals surface area contributed by atoms with Crippen molar-refractivity contribution in [1.82, 2.24) is 0 Å². The minimum Gasteiger partial charge on any atom is -0.329 e. The fourth-order valence-electron chi connectivity index (χ4n) is 2.35. The molecule has 1 aliphatic carbocycles. The maximum absolute atomic E-state index is 12.0. The molecule has 2 nitrogen and oxygen atoms in total. The predicted octanol–water partition coefficient (Wildman–Crippen LogP) is 2.43. The van der Waals surface area contributed by atoms with Crippen molar-refractivity contribution in [1.29, 1.82) is 0 Å². The fraction of sp³-hybridized carbons (Fsp3) is 0.750. The van der Waals surface area contributed by atoms with E-state index in [4.69, 9.17) is 5.73 Å². The van der Waals surface area contributed by atoms with Crippen LogP contribution in [0.2, 0.25) is 0 Å². The van der Waals surface area contributed by atoms with Gasteiger partial charge >= 0.3 is 0 Å². The van der Waals surface area contributed by atoms with Gasteiger partial charge < -0.3 is 5.73 Å². The van der Waals surface area contributed by atoms with Crippen LogP contribution < -0.4 is 5.73 Å². The summed E-state index contributed by atoms with van der Waals surface area (Å²) in [5.41, 5.74) is 5.57. The van der Waals surface area contributed by atoms with Crippen LogP contribution in [0.25, 0.3) is 0 Å². The molecule has 0 radical (unpaired) electrons. The Morgan fingerprint density at radius 3 is 2.29 bits per heavy atom. The fourth-order valence-corrected chi connectivity index (χ4v) is 2.35. The van der Waals surface area contributed by atoms with Crippen molar-refractivity contribution in [2.45, 2.75) is 44.9 Å². The number of hydrogen-bond acceptors (Lipinski definition) is 2. The number of ketones is 1. The summed E-state index contributed by atoms with van der Waals surface area (Å²) in [5, 5.41) is 0. The lowest BCUT2D eigenvalue weighted by Crippen LogP contribution is -2.38. The molecule has 0 heterocycles. The van der Waals surface area contributed by atoms with Crippen molar-refractivity contribution in [3.8, 4) is 0 Å². The Morgan fingerprint density at radius 1 is 1.29 bits per heavy atom. The lowest BCUT2D eigenvalue weighted by Gasteiger charge is -2.29. The Balaban J connectivity index is 2.70. The van der Waals surface area contributed by atoms with E-state index in [1.807, 2.05) is 0 Å². The zero-order chi connectivity index (χ0) is 10.4. The Morgan fingerprint density at radius 2 is 1.86 bits per heavy atom. The van der Waals surface area contributed by atoms with Gasteiger partial charge in [-0.3, -0.25) is 4.79 Å². The molecule has 2 heteroatoms. The normalized spacial score (nSPS) is 21.2. The van der Waals surface area contributed by atoms with Gasteiger partial charge in [0.2, 0.25) is 0 Å². The number of carbonyl (C=O) groups excluding carboxylic acids is 1. The average Bonchev–Trinajstić information content (AvgIpc) is 2.44. The molecular formula is C12H21NO. The number of hydrogen-bond donors (Lipinski definition) is 1. The molecule has 1 rings (SSSR count). The molecule has 1 saturated carbocycles. The molecule has 0 atom stereocenters. The molecule has 2 N–H and O–H groups in total. The summed E-state index contributed by atoms with van der Waals surface area (Å²) in [5.74, 6) is 0.303. The SMILES string of the molecule is C=CCC(=O)C1(CN)CCCCCC1. The van der Waals surface area contributed by atoms with Crippen LogP contribution >= 0.6 is 0 Å². The van der Waals surface area contributed by atoms with E-state index in [0.29, 0.717) is 18.7 Å². The second kappa shape index (κ2) is 5.30. The van der Waals surface area contributed by atoms with Crippen molar-refractivity contribution in [2.24, 2.45) is 11.1 Å². The van der Waals surface area contributed by atoms with E-state index in [1.165, 1.54) is 12.8 Å². The van der Waals surface area contributed by atoms with Crippen LogP contribution in [-0.4, -0.2) is 12.3 Å². The van der Waals surface area contributed by atoms with Crippen molar-refractivity contribution >= 4 is 5.78 Å². The van der Waals surface area contributed by atoms with Crippen LogP contribution in [0.5, 0.6) is 0 Å². The van der Waals surface area contributed by atoms with Gasteiger partial charge in [-0.1, -0.05) is 31.8 Å². The highest BCUT2D eigenvalue weighted by molar-refractivity contribution is 5.86. The zero-order valence-electron chi connectivity index (χ0n) is 8.93. The van der Waals surface area contributed by atoms with Crippen molar-refractivity contribution in [2.75, 3.05) is 6.54 Å². The third kappa shape index (κ3) is 2.44. The molecule has 1 fully saturated rings. The van der Waals surface area contributed by atoms with Gasteiger partial charge in [0, 0.05) is 18.4 Å². The largest absolute Gasteiger partial charge is 0.329 e.